The molecule has 7 heteroatoms. The lowest BCUT2D eigenvalue weighted by atomic mass is 9.97. The molecule has 3 rings (SSSR count). The van der Waals surface area contributed by atoms with Gasteiger partial charge in [0.05, 0.1) is 26.5 Å². The molecule has 0 radical (unpaired) electrons. The van der Waals surface area contributed by atoms with Crippen molar-refractivity contribution >= 4 is 22.4 Å². The minimum atomic E-state index is -0.0156. The standard InChI is InChI=1S/C20H27N3O3S/c1-13-6-5-7-14(2)23(13)11-19(24)22-20-21-17(12-27-20)16-9-8-15(25-3)10-18(16)26-4/h8-10,12-14H,5-7,11H2,1-4H3,(H,21,22,24). The van der Waals surface area contributed by atoms with E-state index in [2.05, 4.69) is 29.0 Å². The van der Waals surface area contributed by atoms with E-state index in [0.717, 1.165) is 29.8 Å². The average Bonchev–Trinajstić information content (AvgIpc) is 3.12. The Morgan fingerprint density at radius 1 is 1.26 bits per heavy atom. The summed E-state index contributed by atoms with van der Waals surface area (Å²) in [4.78, 5) is 19.3. The fourth-order valence-electron chi connectivity index (χ4n) is 3.58. The highest BCUT2D eigenvalue weighted by atomic mass is 32.1. The molecule has 2 atom stereocenters. The van der Waals surface area contributed by atoms with Crippen LogP contribution in [0.25, 0.3) is 11.3 Å². The molecule has 0 aliphatic carbocycles. The molecule has 1 amide bonds. The van der Waals surface area contributed by atoms with Gasteiger partial charge in [0.2, 0.25) is 5.91 Å². The van der Waals surface area contributed by atoms with Gasteiger partial charge in [-0.25, -0.2) is 4.98 Å². The predicted molar refractivity (Wildman–Crippen MR) is 109 cm³/mol. The SMILES string of the molecule is COc1ccc(-c2csc(NC(=O)CN3C(C)CCCC3C)n2)c(OC)c1. The lowest BCUT2D eigenvalue weighted by molar-refractivity contribution is -0.118. The van der Waals surface area contributed by atoms with E-state index in [4.69, 9.17) is 9.47 Å². The molecule has 1 fully saturated rings. The first-order valence-electron chi connectivity index (χ1n) is 9.25. The number of amides is 1. The number of hydrogen-bond donors (Lipinski definition) is 1. The van der Waals surface area contributed by atoms with Crippen LogP contribution in [0.15, 0.2) is 23.6 Å². The summed E-state index contributed by atoms with van der Waals surface area (Å²) in [7, 11) is 3.24. The smallest absolute Gasteiger partial charge is 0.240 e. The molecule has 1 N–H and O–H groups in total. The molecular weight excluding hydrogens is 362 g/mol. The summed E-state index contributed by atoms with van der Waals surface area (Å²) in [5, 5.41) is 5.47. The number of rotatable bonds is 6. The fourth-order valence-corrected chi connectivity index (χ4v) is 4.30. The second-order valence-electron chi connectivity index (χ2n) is 6.95. The lowest BCUT2D eigenvalue weighted by Crippen LogP contribution is -2.47. The molecule has 27 heavy (non-hydrogen) atoms. The van der Waals surface area contributed by atoms with Crippen LogP contribution in [0.4, 0.5) is 5.13 Å². The number of thiazole rings is 1. The van der Waals surface area contributed by atoms with Crippen LogP contribution in [-0.2, 0) is 4.79 Å². The lowest BCUT2D eigenvalue weighted by Gasteiger charge is -2.38. The monoisotopic (exact) mass is 389 g/mol. The molecule has 1 aromatic carbocycles. The van der Waals surface area contributed by atoms with E-state index < -0.39 is 0 Å². The van der Waals surface area contributed by atoms with Crippen LogP contribution < -0.4 is 14.8 Å². The number of methoxy groups -OCH3 is 2. The molecule has 2 heterocycles. The van der Waals surface area contributed by atoms with Crippen molar-refractivity contribution in [1.82, 2.24) is 9.88 Å². The van der Waals surface area contributed by atoms with Crippen LogP contribution in [0.1, 0.15) is 33.1 Å². The fraction of sp³-hybridized carbons (Fsp3) is 0.500. The maximum atomic E-state index is 12.5. The van der Waals surface area contributed by atoms with Gasteiger partial charge in [0.25, 0.3) is 0 Å². The first-order chi connectivity index (χ1) is 13.0. The normalized spacial score (nSPS) is 20.3. The molecule has 0 bridgehead atoms. The summed E-state index contributed by atoms with van der Waals surface area (Å²) in [6.45, 7) is 4.80. The number of aromatic nitrogens is 1. The van der Waals surface area contributed by atoms with Crippen LogP contribution >= 0.6 is 11.3 Å². The maximum Gasteiger partial charge on any atom is 0.240 e. The Hall–Kier alpha value is -2.12. The third kappa shape index (κ3) is 4.59. The Kier molecular flexibility index (Phi) is 6.34. The second kappa shape index (κ2) is 8.71. The van der Waals surface area contributed by atoms with Crippen molar-refractivity contribution in [2.75, 3.05) is 26.1 Å². The van der Waals surface area contributed by atoms with E-state index in [1.54, 1.807) is 14.2 Å². The van der Waals surface area contributed by atoms with Gasteiger partial charge in [0, 0.05) is 29.1 Å². The number of nitrogens with zero attached hydrogens (tertiary/aromatic N) is 2. The number of nitrogens with one attached hydrogen (secondary N) is 1. The number of benzene rings is 1. The quantitative estimate of drug-likeness (QED) is 0.808. The van der Waals surface area contributed by atoms with E-state index in [-0.39, 0.29) is 5.91 Å². The molecular formula is C20H27N3O3S. The minimum Gasteiger partial charge on any atom is -0.497 e. The summed E-state index contributed by atoms with van der Waals surface area (Å²) in [5.74, 6) is 1.40. The largest absolute Gasteiger partial charge is 0.497 e. The topological polar surface area (TPSA) is 63.7 Å². The molecule has 2 aromatic rings. The van der Waals surface area contributed by atoms with E-state index >= 15 is 0 Å². The molecule has 2 unspecified atom stereocenters. The Bertz CT molecular complexity index is 783. The van der Waals surface area contributed by atoms with Gasteiger partial charge in [0.1, 0.15) is 11.5 Å². The number of likely N-dealkylation sites (tertiary alicyclic amines) is 1. The molecule has 1 aliphatic heterocycles. The van der Waals surface area contributed by atoms with Crippen molar-refractivity contribution in [2.45, 2.75) is 45.2 Å². The zero-order valence-corrected chi connectivity index (χ0v) is 17.1. The maximum absolute atomic E-state index is 12.5. The molecule has 6 nitrogen and oxygen atoms in total. The van der Waals surface area contributed by atoms with Gasteiger partial charge in [0.15, 0.2) is 5.13 Å². The third-order valence-electron chi connectivity index (χ3n) is 5.14. The van der Waals surface area contributed by atoms with Gasteiger partial charge in [-0.05, 0) is 38.8 Å². The molecule has 0 spiro atoms. The highest BCUT2D eigenvalue weighted by Crippen LogP contribution is 2.34. The van der Waals surface area contributed by atoms with E-state index in [1.165, 1.54) is 17.8 Å². The molecule has 1 saturated heterocycles. The number of anilines is 1. The van der Waals surface area contributed by atoms with Crippen LogP contribution in [0.3, 0.4) is 0 Å². The van der Waals surface area contributed by atoms with Gasteiger partial charge >= 0.3 is 0 Å². The summed E-state index contributed by atoms with van der Waals surface area (Å²) in [6.07, 6.45) is 3.53. The van der Waals surface area contributed by atoms with Crippen molar-refractivity contribution in [2.24, 2.45) is 0 Å². The van der Waals surface area contributed by atoms with Crippen LogP contribution in [0.2, 0.25) is 0 Å². The zero-order valence-electron chi connectivity index (χ0n) is 16.3. The van der Waals surface area contributed by atoms with Gasteiger partial charge in [-0.1, -0.05) is 6.42 Å². The number of ether oxygens (including phenoxy) is 2. The Morgan fingerprint density at radius 2 is 2.00 bits per heavy atom. The van der Waals surface area contributed by atoms with Gasteiger partial charge in [-0.15, -0.1) is 11.3 Å². The summed E-state index contributed by atoms with van der Waals surface area (Å²) < 4.78 is 10.7. The highest BCUT2D eigenvalue weighted by Gasteiger charge is 2.26. The van der Waals surface area contributed by atoms with Crippen molar-refractivity contribution < 1.29 is 14.3 Å². The molecule has 0 saturated carbocycles. The van der Waals surface area contributed by atoms with Crippen molar-refractivity contribution in [3.05, 3.63) is 23.6 Å². The average molecular weight is 390 g/mol. The van der Waals surface area contributed by atoms with E-state index in [1.807, 2.05) is 23.6 Å². The highest BCUT2D eigenvalue weighted by molar-refractivity contribution is 7.14. The van der Waals surface area contributed by atoms with Crippen molar-refractivity contribution in [3.8, 4) is 22.8 Å². The zero-order chi connectivity index (χ0) is 19.4. The van der Waals surface area contributed by atoms with Crippen LogP contribution in [0, 0.1) is 0 Å². The van der Waals surface area contributed by atoms with Crippen LogP contribution in [-0.4, -0.2) is 48.6 Å². The predicted octanol–water partition coefficient (Wildman–Crippen LogP) is 4.03. The van der Waals surface area contributed by atoms with Gasteiger partial charge < -0.3 is 14.8 Å². The van der Waals surface area contributed by atoms with E-state index in [0.29, 0.717) is 29.5 Å². The molecule has 1 aliphatic rings. The van der Waals surface area contributed by atoms with E-state index in [9.17, 15) is 4.79 Å². The van der Waals surface area contributed by atoms with Crippen molar-refractivity contribution in [3.63, 3.8) is 0 Å². The molecule has 146 valence electrons. The summed E-state index contributed by atoms with van der Waals surface area (Å²) >= 11 is 1.42. The Morgan fingerprint density at radius 3 is 2.67 bits per heavy atom. The minimum absolute atomic E-state index is 0.0156. The van der Waals surface area contributed by atoms with Crippen LogP contribution in [0.5, 0.6) is 11.5 Å². The van der Waals surface area contributed by atoms with Gasteiger partial charge in [-0.2, -0.15) is 0 Å². The summed E-state index contributed by atoms with van der Waals surface area (Å²) in [6, 6.07) is 6.49. The third-order valence-corrected chi connectivity index (χ3v) is 5.90. The van der Waals surface area contributed by atoms with Crippen molar-refractivity contribution in [1.29, 1.82) is 0 Å². The van der Waals surface area contributed by atoms with Gasteiger partial charge in [-0.3, -0.25) is 9.69 Å². The number of piperidine rings is 1. The Balaban J connectivity index is 1.68. The second-order valence-corrected chi connectivity index (χ2v) is 7.81. The first-order valence-corrected chi connectivity index (χ1v) is 10.1. The number of hydrogen-bond acceptors (Lipinski definition) is 6. The number of carbonyl (C=O) groups excluding carboxylic acids is 1. The number of carbonyl (C=O) groups is 1. The Labute approximate surface area is 164 Å². The molecule has 1 aromatic heterocycles. The summed E-state index contributed by atoms with van der Waals surface area (Å²) in [5.41, 5.74) is 1.64. The first kappa shape index (κ1) is 19.6.